The largest absolute Gasteiger partial charge is 0.0839 e. The molecule has 2 bridgehead atoms. The second-order valence-corrected chi connectivity index (χ2v) is 3.14. The van der Waals surface area contributed by atoms with Gasteiger partial charge in [0.1, 0.15) is 0 Å². The fraction of sp³-hybridized carbons (Fsp3) is 0.444. The zero-order valence-electron chi connectivity index (χ0n) is 6.12. The Bertz CT molecular complexity index is 209. The van der Waals surface area contributed by atoms with Crippen molar-refractivity contribution in [1.29, 1.82) is 0 Å². The minimum Gasteiger partial charge on any atom is -0.0839 e. The van der Waals surface area contributed by atoms with E-state index in [9.17, 15) is 0 Å². The Labute approximate surface area is 56.7 Å². The van der Waals surface area contributed by atoms with Crippen molar-refractivity contribution in [2.24, 2.45) is 23.7 Å². The minimum atomic E-state index is 0.361. The molecule has 0 saturated heterocycles. The minimum absolute atomic E-state index is 0.361. The molecule has 0 N–H and O–H groups in total. The van der Waals surface area contributed by atoms with Gasteiger partial charge in [0, 0.05) is 1.37 Å². The highest BCUT2D eigenvalue weighted by Gasteiger charge is 2.50. The van der Waals surface area contributed by atoms with E-state index in [0.29, 0.717) is 23.7 Å². The Morgan fingerprint density at radius 1 is 0.889 bits per heavy atom. The van der Waals surface area contributed by atoms with Gasteiger partial charge in [-0.05, 0) is 30.1 Å². The Balaban J connectivity index is 2.13. The average molecular weight is 118 g/mol. The third-order valence-corrected chi connectivity index (χ3v) is 2.60. The van der Waals surface area contributed by atoms with Crippen LogP contribution in [0.3, 0.4) is 0 Å². The van der Waals surface area contributed by atoms with E-state index in [2.05, 4.69) is 24.3 Å². The van der Waals surface area contributed by atoms with Crippen LogP contribution in [0.25, 0.3) is 0 Å². The van der Waals surface area contributed by atoms with Gasteiger partial charge < -0.3 is 0 Å². The van der Waals surface area contributed by atoms with E-state index in [1.807, 2.05) is 0 Å². The van der Waals surface area contributed by atoms with Crippen molar-refractivity contribution >= 4 is 0 Å². The van der Waals surface area contributed by atoms with Gasteiger partial charge in [-0.25, -0.2) is 0 Å². The lowest BCUT2D eigenvalue weighted by Gasteiger charge is -2.11. The molecule has 0 spiro atoms. The van der Waals surface area contributed by atoms with E-state index in [-0.39, 0.29) is 0 Å². The fourth-order valence-electron chi connectivity index (χ4n) is 1.97. The quantitative estimate of drug-likeness (QED) is 0.425. The molecule has 1 radical (unpaired) electrons. The van der Waals surface area contributed by atoms with Crippen LogP contribution in [-0.4, -0.2) is 0 Å². The maximum absolute atomic E-state index is 7.72. The first-order chi connectivity index (χ1) is 4.88. The van der Waals surface area contributed by atoms with Gasteiger partial charge in [0.25, 0.3) is 0 Å². The van der Waals surface area contributed by atoms with Crippen LogP contribution in [0, 0.1) is 30.1 Å². The summed E-state index contributed by atoms with van der Waals surface area (Å²) in [6.07, 6.45) is 9.88. The van der Waals surface area contributed by atoms with Gasteiger partial charge in [0.05, 0.1) is 0 Å². The maximum atomic E-state index is 7.72. The molecule has 1 fully saturated rings. The molecule has 45 valence electrons. The van der Waals surface area contributed by atoms with Crippen LogP contribution < -0.4 is 0 Å². The smallest absolute Gasteiger partial charge is 0.0319 e. The van der Waals surface area contributed by atoms with E-state index in [0.717, 1.165) is 6.40 Å². The molecule has 2 unspecified atom stereocenters. The highest BCUT2D eigenvalue weighted by atomic mass is 14.5. The second-order valence-electron chi connectivity index (χ2n) is 3.14. The van der Waals surface area contributed by atoms with Crippen LogP contribution in [0.1, 0.15) is 1.37 Å². The average Bonchev–Trinajstić information content (AvgIpc) is 2.59. The number of hydrogen-bond acceptors (Lipinski definition) is 0. The topological polar surface area (TPSA) is 0 Å². The summed E-state index contributed by atoms with van der Waals surface area (Å²) < 4.78 is 7.72. The van der Waals surface area contributed by atoms with Crippen LogP contribution >= 0.6 is 0 Å². The maximum Gasteiger partial charge on any atom is 0.0319 e. The zero-order valence-corrected chi connectivity index (χ0v) is 5.12. The Hall–Kier alpha value is -0.520. The number of fused-ring (bicyclic) bond motifs is 2. The van der Waals surface area contributed by atoms with Gasteiger partial charge in [-0.15, -0.1) is 0 Å². The van der Waals surface area contributed by atoms with Gasteiger partial charge >= 0.3 is 0 Å². The first kappa shape index (κ1) is 3.60. The predicted octanol–water partition coefficient (Wildman–Crippen LogP) is 1.81. The van der Waals surface area contributed by atoms with Crippen LogP contribution in [0.2, 0.25) is 0 Å². The molecule has 3 rings (SSSR count). The highest BCUT2D eigenvalue weighted by Crippen LogP contribution is 2.56. The van der Waals surface area contributed by atoms with E-state index in [1.54, 1.807) is 0 Å². The van der Waals surface area contributed by atoms with Crippen LogP contribution in [0.15, 0.2) is 24.3 Å². The van der Waals surface area contributed by atoms with Crippen molar-refractivity contribution in [1.82, 2.24) is 0 Å². The number of hydrogen-bond donors (Lipinski definition) is 0. The molecule has 2 atom stereocenters. The Kier molecular flexibility index (Phi) is 0.463. The molecule has 9 heavy (non-hydrogen) atoms. The number of rotatable bonds is 0. The molecule has 0 aliphatic heterocycles. The molecule has 0 aromatic rings. The summed E-state index contributed by atoms with van der Waals surface area (Å²) in [7, 11) is 0. The van der Waals surface area contributed by atoms with Gasteiger partial charge in [-0.3, -0.25) is 0 Å². The van der Waals surface area contributed by atoms with E-state index >= 15 is 0 Å². The summed E-state index contributed by atoms with van der Waals surface area (Å²) >= 11 is 0. The summed E-state index contributed by atoms with van der Waals surface area (Å²) in [5.41, 5.74) is 0. The van der Waals surface area contributed by atoms with Crippen LogP contribution in [-0.2, 0) is 0 Å². The number of allylic oxidation sites excluding steroid dienone is 4. The molecular formula is C9H9. The van der Waals surface area contributed by atoms with Crippen LogP contribution in [0.4, 0.5) is 0 Å². The molecule has 0 nitrogen and oxygen atoms in total. The van der Waals surface area contributed by atoms with Crippen molar-refractivity contribution < 1.29 is 1.37 Å². The van der Waals surface area contributed by atoms with Gasteiger partial charge in [0.15, 0.2) is 0 Å². The Morgan fingerprint density at radius 2 is 1.56 bits per heavy atom. The molecule has 1 saturated carbocycles. The van der Waals surface area contributed by atoms with Crippen molar-refractivity contribution in [3.8, 4) is 0 Å². The van der Waals surface area contributed by atoms with Gasteiger partial charge in [0.2, 0.25) is 0 Å². The van der Waals surface area contributed by atoms with E-state index < -0.39 is 0 Å². The van der Waals surface area contributed by atoms with Crippen LogP contribution in [0.5, 0.6) is 0 Å². The Morgan fingerprint density at radius 3 is 2.11 bits per heavy atom. The summed E-state index contributed by atoms with van der Waals surface area (Å²) in [5, 5.41) is 0. The molecule has 0 aromatic carbocycles. The van der Waals surface area contributed by atoms with Crippen molar-refractivity contribution in [3.05, 3.63) is 30.7 Å². The first-order valence-corrected chi connectivity index (χ1v) is 3.58. The van der Waals surface area contributed by atoms with E-state index in [4.69, 9.17) is 1.37 Å². The molecule has 3 aliphatic carbocycles. The van der Waals surface area contributed by atoms with Crippen molar-refractivity contribution in [2.45, 2.75) is 0 Å². The molecule has 0 heterocycles. The summed E-state index contributed by atoms with van der Waals surface area (Å²) in [6, 6.07) is 0. The second kappa shape index (κ2) is 1.16. The van der Waals surface area contributed by atoms with Gasteiger partial charge in [-0.1, -0.05) is 24.3 Å². The zero-order chi connectivity index (χ0) is 6.72. The molecular weight excluding hydrogens is 108 g/mol. The normalized spacial score (nSPS) is 61.6. The standard InChI is InChI=1S/C9H9/c1-3-7-8-4-2-6(1)5-9(7)8/h1-9H/i5D. The van der Waals surface area contributed by atoms with Crippen molar-refractivity contribution in [3.63, 3.8) is 0 Å². The molecule has 0 aromatic heterocycles. The third-order valence-electron chi connectivity index (χ3n) is 2.60. The molecule has 0 heteroatoms. The first-order valence-electron chi connectivity index (χ1n) is 4.08. The molecule has 0 amide bonds. The summed E-state index contributed by atoms with van der Waals surface area (Å²) in [6.45, 7) is 0. The monoisotopic (exact) mass is 118 g/mol. The predicted molar refractivity (Wildman–Crippen MR) is 36.5 cm³/mol. The summed E-state index contributed by atoms with van der Waals surface area (Å²) in [4.78, 5) is 0. The lowest BCUT2D eigenvalue weighted by atomic mass is 9.93. The fourth-order valence-corrected chi connectivity index (χ4v) is 1.97. The third kappa shape index (κ3) is 0.407. The molecule has 3 aliphatic rings. The SMILES string of the molecule is [2H][C]1C2C=CC3C(C=C2)C13. The summed E-state index contributed by atoms with van der Waals surface area (Å²) in [5.74, 6) is 2.39. The van der Waals surface area contributed by atoms with E-state index in [1.165, 1.54) is 0 Å². The highest BCUT2D eigenvalue weighted by molar-refractivity contribution is 5.33. The lowest BCUT2D eigenvalue weighted by molar-refractivity contribution is 0.732. The lowest BCUT2D eigenvalue weighted by Crippen LogP contribution is -2.02. The van der Waals surface area contributed by atoms with Gasteiger partial charge in [-0.2, -0.15) is 0 Å². The van der Waals surface area contributed by atoms with Crippen molar-refractivity contribution in [2.75, 3.05) is 0 Å².